The van der Waals surface area contributed by atoms with Crippen LogP contribution in [0.5, 0.6) is 0 Å². The molecule has 0 fully saturated rings. The van der Waals surface area contributed by atoms with Crippen molar-refractivity contribution >= 4 is 16.5 Å². The second kappa shape index (κ2) is 9.35. The minimum absolute atomic E-state index is 0.214. The highest BCUT2D eigenvalue weighted by Gasteiger charge is 2.18. The van der Waals surface area contributed by atoms with E-state index in [0.29, 0.717) is 17.8 Å². The zero-order valence-electron chi connectivity index (χ0n) is 13.4. The topological polar surface area (TPSA) is 26.3 Å². The van der Waals surface area contributed by atoms with Gasteiger partial charge in [-0.15, -0.1) is 0 Å². The summed E-state index contributed by atoms with van der Waals surface area (Å²) in [6.45, 7) is 13.1. The van der Waals surface area contributed by atoms with Gasteiger partial charge in [-0.25, -0.2) is 4.79 Å². The van der Waals surface area contributed by atoms with Crippen molar-refractivity contribution in [2.75, 3.05) is 0 Å². The van der Waals surface area contributed by atoms with Crippen LogP contribution in [0, 0.1) is 17.8 Å². The molecule has 0 heterocycles. The van der Waals surface area contributed by atoms with Gasteiger partial charge in [-0.2, -0.15) is 0 Å². The van der Waals surface area contributed by atoms with Crippen molar-refractivity contribution in [3.05, 3.63) is 11.1 Å². The molecule has 0 aromatic heterocycles. The number of carbonyl (C=O) groups is 1. The van der Waals surface area contributed by atoms with Crippen LogP contribution in [0.25, 0.3) is 0 Å². The fourth-order valence-electron chi connectivity index (χ4n) is 2.23. The highest BCUT2D eigenvalue weighted by molar-refractivity contribution is 6.09. The second-order valence-corrected chi connectivity index (χ2v) is 6.80. The minimum Gasteiger partial charge on any atom is -0.513 e. The molecule has 0 amide bonds. The van der Waals surface area contributed by atoms with Gasteiger partial charge in [-0.05, 0) is 43.4 Å². The molecule has 2 nitrogen and oxygen atoms in total. The largest absolute Gasteiger partial charge is 0.513 e. The molecule has 109 valence electrons. The van der Waals surface area contributed by atoms with E-state index in [1.165, 1.54) is 5.57 Å². The first-order valence-electron chi connectivity index (χ1n) is 7.36. The van der Waals surface area contributed by atoms with E-state index >= 15 is 0 Å². The van der Waals surface area contributed by atoms with E-state index in [1.54, 1.807) is 0 Å². The van der Waals surface area contributed by atoms with Crippen molar-refractivity contribution < 1.29 is 9.22 Å². The molecule has 3 radical (unpaired) electrons. The van der Waals surface area contributed by atoms with Gasteiger partial charge in [0.05, 0.1) is 0 Å². The van der Waals surface area contributed by atoms with Gasteiger partial charge < -0.3 is 4.43 Å². The van der Waals surface area contributed by atoms with Gasteiger partial charge in [-0.3, -0.25) is 0 Å². The first-order valence-corrected chi connectivity index (χ1v) is 7.77. The van der Waals surface area contributed by atoms with Crippen LogP contribution in [0.15, 0.2) is 11.1 Å². The zero-order chi connectivity index (χ0) is 15.0. The molecule has 0 aliphatic rings. The summed E-state index contributed by atoms with van der Waals surface area (Å²) in [6, 6.07) is 0. The van der Waals surface area contributed by atoms with E-state index in [-0.39, 0.29) is 5.97 Å². The Bertz CT molecular complexity index is 292. The van der Waals surface area contributed by atoms with Crippen molar-refractivity contribution in [3.63, 3.8) is 0 Å². The molecule has 0 N–H and O–H groups in total. The molecule has 3 heteroatoms. The molecule has 0 saturated heterocycles. The van der Waals surface area contributed by atoms with Gasteiger partial charge in [0.1, 0.15) is 0 Å². The minimum atomic E-state index is -0.214. The molecule has 0 bridgehead atoms. The number of allylic oxidation sites excluding steroid dienone is 1. The maximum atomic E-state index is 12.0. The van der Waals surface area contributed by atoms with Crippen molar-refractivity contribution in [2.45, 2.75) is 67.2 Å². The molecule has 0 aromatic carbocycles. The summed E-state index contributed by atoms with van der Waals surface area (Å²) in [5.41, 5.74) is 2.15. The average molecular weight is 281 g/mol. The molecule has 0 spiro atoms. The molecule has 0 aliphatic carbocycles. The molecule has 0 unspecified atom stereocenters. The van der Waals surface area contributed by atoms with Gasteiger partial charge in [-0.1, -0.05) is 47.1 Å². The lowest BCUT2D eigenvalue weighted by molar-refractivity contribution is -0.130. The Labute approximate surface area is 122 Å². The Balaban J connectivity index is 5.21. The van der Waals surface area contributed by atoms with Gasteiger partial charge in [0, 0.05) is 5.57 Å². The quantitative estimate of drug-likeness (QED) is 0.486. The monoisotopic (exact) mass is 281 g/mol. The van der Waals surface area contributed by atoms with E-state index in [1.807, 2.05) is 0 Å². The summed E-state index contributed by atoms with van der Waals surface area (Å²) in [5.74, 6) is 1.50. The third-order valence-corrected chi connectivity index (χ3v) is 3.23. The SMILES string of the molecule is CC(C)CCC(C(=O)O[Si])=C(CC(C)C)CC(C)C. The molecular weight excluding hydrogens is 252 g/mol. The van der Waals surface area contributed by atoms with Crippen molar-refractivity contribution in [1.82, 2.24) is 0 Å². The smallest absolute Gasteiger partial charge is 0.345 e. The summed E-state index contributed by atoms with van der Waals surface area (Å²) in [5, 5.41) is 0. The third-order valence-electron chi connectivity index (χ3n) is 3.05. The molecule has 0 aromatic rings. The van der Waals surface area contributed by atoms with Crippen LogP contribution in [-0.2, 0) is 9.22 Å². The van der Waals surface area contributed by atoms with Crippen LogP contribution in [0.3, 0.4) is 0 Å². The fourth-order valence-corrected chi connectivity index (χ4v) is 2.36. The van der Waals surface area contributed by atoms with E-state index in [9.17, 15) is 4.79 Å². The number of rotatable bonds is 8. The molecule has 19 heavy (non-hydrogen) atoms. The number of hydrogen-bond acceptors (Lipinski definition) is 2. The highest BCUT2D eigenvalue weighted by Crippen LogP contribution is 2.27. The van der Waals surface area contributed by atoms with Gasteiger partial charge in [0.15, 0.2) is 0 Å². The van der Waals surface area contributed by atoms with Crippen LogP contribution in [0.1, 0.15) is 67.2 Å². The third kappa shape index (κ3) is 8.25. The van der Waals surface area contributed by atoms with Crippen LogP contribution in [0.2, 0.25) is 0 Å². The highest BCUT2D eigenvalue weighted by atomic mass is 28.2. The zero-order valence-corrected chi connectivity index (χ0v) is 14.4. The molecular formula is C16H29O2Si. The summed E-state index contributed by atoms with van der Waals surface area (Å²) in [4.78, 5) is 12.0. The fraction of sp³-hybridized carbons (Fsp3) is 0.812. The van der Waals surface area contributed by atoms with Crippen LogP contribution in [-0.4, -0.2) is 16.5 Å². The van der Waals surface area contributed by atoms with Gasteiger partial charge in [0.25, 0.3) is 0 Å². The number of hydrogen-bond donors (Lipinski definition) is 0. The predicted octanol–water partition coefficient (Wildman–Crippen LogP) is 4.44. The first-order chi connectivity index (χ1) is 8.77. The summed E-state index contributed by atoms with van der Waals surface area (Å²) in [6.07, 6.45) is 3.80. The summed E-state index contributed by atoms with van der Waals surface area (Å²) in [7, 11) is 2.89. The lowest BCUT2D eigenvalue weighted by atomic mass is 9.88. The van der Waals surface area contributed by atoms with E-state index in [4.69, 9.17) is 4.43 Å². The Morgan fingerprint density at radius 2 is 1.42 bits per heavy atom. The number of carbonyl (C=O) groups excluding carboxylic acids is 1. The maximum Gasteiger partial charge on any atom is 0.345 e. The first kappa shape index (κ1) is 18.4. The van der Waals surface area contributed by atoms with Crippen molar-refractivity contribution in [2.24, 2.45) is 17.8 Å². The van der Waals surface area contributed by atoms with Gasteiger partial charge >= 0.3 is 16.5 Å². The molecule has 0 atom stereocenters. The predicted molar refractivity (Wildman–Crippen MR) is 81.9 cm³/mol. The lowest BCUT2D eigenvalue weighted by Gasteiger charge is -2.18. The second-order valence-electron chi connectivity index (χ2n) is 6.60. The maximum absolute atomic E-state index is 12.0. The Morgan fingerprint density at radius 1 is 0.947 bits per heavy atom. The van der Waals surface area contributed by atoms with Crippen molar-refractivity contribution in [3.8, 4) is 0 Å². The Hall–Kier alpha value is -0.573. The molecule has 0 saturated carbocycles. The lowest BCUT2D eigenvalue weighted by Crippen LogP contribution is -2.12. The normalized spacial score (nSPS) is 11.3. The van der Waals surface area contributed by atoms with Crippen molar-refractivity contribution in [1.29, 1.82) is 0 Å². The molecule has 0 rings (SSSR count). The average Bonchev–Trinajstić information content (AvgIpc) is 2.26. The van der Waals surface area contributed by atoms with E-state index in [2.05, 4.69) is 52.0 Å². The summed E-state index contributed by atoms with van der Waals surface area (Å²) >= 11 is 0. The van der Waals surface area contributed by atoms with Crippen LogP contribution < -0.4 is 0 Å². The Kier molecular flexibility index (Phi) is 9.07. The van der Waals surface area contributed by atoms with Crippen LogP contribution in [0.4, 0.5) is 0 Å². The Morgan fingerprint density at radius 3 is 1.74 bits per heavy atom. The van der Waals surface area contributed by atoms with Crippen LogP contribution >= 0.6 is 0 Å². The standard InChI is InChI=1S/C16H29O2Si/c1-11(2)7-8-15(16(17)18-19)14(9-12(3)4)10-13(5)6/h11-13H,7-10H2,1-6H3. The van der Waals surface area contributed by atoms with E-state index < -0.39 is 0 Å². The summed E-state index contributed by atoms with van der Waals surface area (Å²) < 4.78 is 4.80. The molecule has 0 aliphatic heterocycles. The van der Waals surface area contributed by atoms with E-state index in [0.717, 1.165) is 31.3 Å². The van der Waals surface area contributed by atoms with Gasteiger partial charge in [0.2, 0.25) is 0 Å².